The van der Waals surface area contributed by atoms with Gasteiger partial charge in [0, 0.05) is 18.2 Å². The number of anilines is 2. The lowest BCUT2D eigenvalue weighted by molar-refractivity contribution is -0.116. The molecule has 1 saturated heterocycles. The summed E-state index contributed by atoms with van der Waals surface area (Å²) in [5.41, 5.74) is 0.946. The first kappa shape index (κ1) is 18.9. The molecule has 0 aromatic heterocycles. The fraction of sp³-hybridized carbons (Fsp3) is 0.316. The second-order valence-electron chi connectivity index (χ2n) is 6.83. The minimum absolute atomic E-state index is 0.242. The molecule has 7 nitrogen and oxygen atoms in total. The van der Waals surface area contributed by atoms with Crippen LogP contribution in [0.2, 0.25) is 5.02 Å². The number of ether oxygens (including phenoxy) is 2. The highest BCUT2D eigenvalue weighted by molar-refractivity contribution is 7.95. The molecule has 2 aliphatic rings. The molecule has 2 atom stereocenters. The van der Waals surface area contributed by atoms with Gasteiger partial charge in [0.1, 0.15) is 11.5 Å². The van der Waals surface area contributed by atoms with Gasteiger partial charge < -0.3 is 14.8 Å². The summed E-state index contributed by atoms with van der Waals surface area (Å²) >= 11 is 6.09. The number of amides is 1. The number of sulfonamides is 1. The predicted molar refractivity (Wildman–Crippen MR) is 107 cm³/mol. The molecule has 0 bridgehead atoms. The summed E-state index contributed by atoms with van der Waals surface area (Å²) in [6, 6.07) is 11.5. The number of rotatable bonds is 5. The van der Waals surface area contributed by atoms with Gasteiger partial charge in [-0.05, 0) is 48.9 Å². The summed E-state index contributed by atoms with van der Waals surface area (Å²) in [6.45, 7) is 0.283. The number of hydrogen-bond acceptors (Lipinski definition) is 5. The second-order valence-corrected chi connectivity index (χ2v) is 9.35. The second kappa shape index (κ2) is 6.56. The molecule has 28 heavy (non-hydrogen) atoms. The summed E-state index contributed by atoms with van der Waals surface area (Å²) in [5, 5.41) is 3.03. The van der Waals surface area contributed by atoms with Crippen molar-refractivity contribution in [3.63, 3.8) is 0 Å². The molecule has 148 valence electrons. The van der Waals surface area contributed by atoms with Crippen molar-refractivity contribution >= 4 is 38.9 Å². The average molecular weight is 423 g/mol. The maximum absolute atomic E-state index is 13.2. The Balaban J connectivity index is 1.58. The lowest BCUT2D eigenvalue weighted by Gasteiger charge is -2.23. The molecule has 1 N–H and O–H groups in total. The van der Waals surface area contributed by atoms with Gasteiger partial charge in [-0.1, -0.05) is 11.6 Å². The topological polar surface area (TPSA) is 84.9 Å². The van der Waals surface area contributed by atoms with Gasteiger partial charge in [-0.25, -0.2) is 8.42 Å². The molecule has 0 spiro atoms. The van der Waals surface area contributed by atoms with Crippen LogP contribution in [0.4, 0.5) is 11.4 Å². The van der Waals surface area contributed by atoms with Gasteiger partial charge in [0.2, 0.25) is 15.9 Å². The number of nitrogens with one attached hydrogen (secondary N) is 1. The van der Waals surface area contributed by atoms with Crippen molar-refractivity contribution in [1.82, 2.24) is 0 Å². The van der Waals surface area contributed by atoms with Crippen molar-refractivity contribution in [2.24, 2.45) is 5.92 Å². The maximum atomic E-state index is 13.2. The molecule has 1 heterocycles. The Kier molecular flexibility index (Phi) is 4.43. The molecular weight excluding hydrogens is 404 g/mol. The van der Waals surface area contributed by atoms with E-state index in [1.807, 2.05) is 0 Å². The van der Waals surface area contributed by atoms with Crippen molar-refractivity contribution in [3.8, 4) is 11.5 Å². The van der Waals surface area contributed by atoms with Crippen molar-refractivity contribution in [2.45, 2.75) is 11.2 Å². The maximum Gasteiger partial charge on any atom is 0.250 e. The smallest absolute Gasteiger partial charge is 0.250 e. The normalized spacial score (nSPS) is 24.4. The number of carbonyl (C=O) groups is 1. The average Bonchev–Trinajstić information content (AvgIpc) is 3.37. The molecule has 1 aliphatic carbocycles. The van der Waals surface area contributed by atoms with E-state index in [-0.39, 0.29) is 12.5 Å². The summed E-state index contributed by atoms with van der Waals surface area (Å²) in [4.78, 5) is 12.9. The van der Waals surface area contributed by atoms with Gasteiger partial charge in [0.05, 0.1) is 24.9 Å². The van der Waals surface area contributed by atoms with E-state index in [1.54, 1.807) is 43.5 Å². The van der Waals surface area contributed by atoms with Crippen LogP contribution in [-0.2, 0) is 14.8 Å². The Morgan fingerprint density at radius 2 is 1.89 bits per heavy atom. The Morgan fingerprint density at radius 1 is 1.18 bits per heavy atom. The number of nitrogens with zero attached hydrogens (tertiary/aromatic N) is 1. The quantitative estimate of drug-likeness (QED) is 0.800. The van der Waals surface area contributed by atoms with Crippen LogP contribution in [0.5, 0.6) is 11.5 Å². The third-order valence-corrected chi connectivity index (χ3v) is 8.18. The molecule has 0 radical (unpaired) electrons. The lowest BCUT2D eigenvalue weighted by Crippen LogP contribution is -2.42. The fourth-order valence-electron chi connectivity index (χ4n) is 3.70. The predicted octanol–water partition coefficient (Wildman–Crippen LogP) is 2.90. The highest BCUT2D eigenvalue weighted by Crippen LogP contribution is 2.58. The third-order valence-electron chi connectivity index (χ3n) is 5.34. The molecule has 1 aliphatic heterocycles. The zero-order valence-corrected chi connectivity index (χ0v) is 16.9. The molecule has 2 aromatic rings. The summed E-state index contributed by atoms with van der Waals surface area (Å²) < 4.78 is 36.5. The van der Waals surface area contributed by atoms with Crippen LogP contribution in [0.25, 0.3) is 0 Å². The zero-order valence-electron chi connectivity index (χ0n) is 15.3. The van der Waals surface area contributed by atoms with Crippen molar-refractivity contribution < 1.29 is 22.7 Å². The van der Waals surface area contributed by atoms with Crippen molar-refractivity contribution in [3.05, 3.63) is 47.5 Å². The highest BCUT2D eigenvalue weighted by Gasteiger charge is 2.75. The fourth-order valence-corrected chi connectivity index (χ4v) is 6.32. The third kappa shape index (κ3) is 2.70. The molecule has 4 rings (SSSR count). The number of fused-ring (bicyclic) bond motifs is 1. The Hall–Kier alpha value is -2.45. The number of carbonyl (C=O) groups excluding carboxylic acids is 1. The zero-order chi connectivity index (χ0) is 20.1. The Labute approximate surface area is 168 Å². The van der Waals surface area contributed by atoms with E-state index in [4.69, 9.17) is 21.1 Å². The van der Waals surface area contributed by atoms with Gasteiger partial charge in [-0.2, -0.15) is 0 Å². The van der Waals surface area contributed by atoms with Crippen LogP contribution in [-0.4, -0.2) is 39.8 Å². The van der Waals surface area contributed by atoms with Gasteiger partial charge in [0.25, 0.3) is 0 Å². The van der Waals surface area contributed by atoms with E-state index in [2.05, 4.69) is 5.32 Å². The standard InChI is InChI=1S/C19H19ClN2O5S/c1-26-15-6-4-14(5-7-15)22-11-12-10-19(12,28(22,24)25)18(23)21-13-3-8-17(27-2)16(20)9-13/h3-9,12H,10-11H2,1-2H3,(H,21,23)/t12-,19-/m0/s1. The number of hydrogen-bond donors (Lipinski definition) is 1. The van der Waals surface area contributed by atoms with Crippen LogP contribution in [0.3, 0.4) is 0 Å². The summed E-state index contributed by atoms with van der Waals surface area (Å²) in [6.07, 6.45) is 0.317. The SMILES string of the molecule is COc1ccc(N2C[C@@H]3C[C@]3(C(=O)Nc3ccc(OC)c(Cl)c3)S2(=O)=O)cc1. The molecule has 0 unspecified atom stereocenters. The van der Waals surface area contributed by atoms with Crippen molar-refractivity contribution in [2.75, 3.05) is 30.4 Å². The first-order chi connectivity index (χ1) is 13.3. The minimum atomic E-state index is -3.85. The largest absolute Gasteiger partial charge is 0.497 e. The first-order valence-electron chi connectivity index (χ1n) is 8.65. The van der Waals surface area contributed by atoms with Gasteiger partial charge in [0.15, 0.2) is 4.75 Å². The van der Waals surface area contributed by atoms with Crippen LogP contribution in [0.1, 0.15) is 6.42 Å². The summed E-state index contributed by atoms with van der Waals surface area (Å²) in [5.74, 6) is 0.332. The van der Waals surface area contributed by atoms with Gasteiger partial charge in [-0.3, -0.25) is 9.10 Å². The van der Waals surface area contributed by atoms with Crippen LogP contribution < -0.4 is 19.1 Å². The van der Waals surface area contributed by atoms with Crippen LogP contribution >= 0.6 is 11.6 Å². The molecule has 1 saturated carbocycles. The van der Waals surface area contributed by atoms with E-state index in [0.717, 1.165) is 0 Å². The van der Waals surface area contributed by atoms with E-state index in [1.165, 1.54) is 17.5 Å². The molecule has 2 aromatic carbocycles. The number of halogens is 1. The van der Waals surface area contributed by atoms with Gasteiger partial charge >= 0.3 is 0 Å². The van der Waals surface area contributed by atoms with Gasteiger partial charge in [-0.15, -0.1) is 0 Å². The molecular formula is C19H19ClN2O5S. The Bertz CT molecular complexity index is 1040. The monoisotopic (exact) mass is 422 g/mol. The van der Waals surface area contributed by atoms with E-state index >= 15 is 0 Å². The highest BCUT2D eigenvalue weighted by atomic mass is 35.5. The van der Waals surface area contributed by atoms with Crippen molar-refractivity contribution in [1.29, 1.82) is 0 Å². The van der Waals surface area contributed by atoms with E-state index in [0.29, 0.717) is 34.3 Å². The van der Waals surface area contributed by atoms with E-state index in [9.17, 15) is 13.2 Å². The van der Waals surface area contributed by atoms with Crippen LogP contribution in [0, 0.1) is 5.92 Å². The van der Waals surface area contributed by atoms with E-state index < -0.39 is 20.7 Å². The molecule has 9 heteroatoms. The summed E-state index contributed by atoms with van der Waals surface area (Å²) in [7, 11) is -0.810. The Morgan fingerprint density at radius 3 is 2.50 bits per heavy atom. The number of methoxy groups -OCH3 is 2. The lowest BCUT2D eigenvalue weighted by atomic mass is 10.2. The molecule has 1 amide bonds. The van der Waals surface area contributed by atoms with Crippen LogP contribution in [0.15, 0.2) is 42.5 Å². The first-order valence-corrected chi connectivity index (χ1v) is 10.5. The minimum Gasteiger partial charge on any atom is -0.497 e. The number of benzene rings is 2. The molecule has 2 fully saturated rings.